The minimum Gasteiger partial charge on any atom is -0.342 e. The van der Waals surface area contributed by atoms with Crippen molar-refractivity contribution in [3.63, 3.8) is 0 Å². The Morgan fingerprint density at radius 2 is 1.69 bits per heavy atom. The van der Waals surface area contributed by atoms with E-state index in [2.05, 4.69) is 21.2 Å². The number of halogens is 1. The van der Waals surface area contributed by atoms with Gasteiger partial charge in [0.1, 0.15) is 0 Å². The van der Waals surface area contributed by atoms with E-state index in [-0.39, 0.29) is 36.0 Å². The Morgan fingerprint density at radius 1 is 1.00 bits per heavy atom. The number of nitrogens with zero attached hydrogens (tertiary/aromatic N) is 2. The molecule has 2 aliphatic rings. The number of carbonyl (C=O) groups is 3. The summed E-state index contributed by atoms with van der Waals surface area (Å²) in [5.74, 6) is -0.415. The normalized spacial score (nSPS) is 19.3. The van der Waals surface area contributed by atoms with Gasteiger partial charge in [-0.05, 0) is 62.6 Å². The van der Waals surface area contributed by atoms with E-state index in [0.29, 0.717) is 32.5 Å². The number of hydrogen-bond acceptors (Lipinski definition) is 3. The molecule has 168 valence electrons. The van der Waals surface area contributed by atoms with Crippen LogP contribution in [0.5, 0.6) is 0 Å². The molecule has 2 fully saturated rings. The van der Waals surface area contributed by atoms with Crippen molar-refractivity contribution in [1.82, 2.24) is 4.90 Å². The fourth-order valence-electron chi connectivity index (χ4n) is 4.47. The zero-order valence-corrected chi connectivity index (χ0v) is 20.0. The summed E-state index contributed by atoms with van der Waals surface area (Å²) in [5.41, 5.74) is 3.80. The van der Waals surface area contributed by atoms with Gasteiger partial charge in [-0.3, -0.25) is 14.4 Å². The van der Waals surface area contributed by atoms with Crippen LogP contribution in [0, 0.1) is 25.7 Å². The molecule has 2 aromatic carbocycles. The molecule has 0 spiro atoms. The monoisotopic (exact) mass is 497 g/mol. The number of rotatable bonds is 4. The van der Waals surface area contributed by atoms with Crippen LogP contribution in [0.25, 0.3) is 0 Å². The minimum absolute atomic E-state index is 0.00381. The zero-order chi connectivity index (χ0) is 22.8. The predicted molar refractivity (Wildman–Crippen MR) is 128 cm³/mol. The quantitative estimate of drug-likeness (QED) is 0.684. The zero-order valence-electron chi connectivity index (χ0n) is 18.4. The highest BCUT2D eigenvalue weighted by Crippen LogP contribution is 2.29. The summed E-state index contributed by atoms with van der Waals surface area (Å²) in [7, 11) is 0. The summed E-state index contributed by atoms with van der Waals surface area (Å²) in [6.07, 6.45) is 1.51. The average Bonchev–Trinajstić information content (AvgIpc) is 3.17. The van der Waals surface area contributed by atoms with Gasteiger partial charge in [-0.25, -0.2) is 0 Å². The van der Waals surface area contributed by atoms with Gasteiger partial charge in [0.25, 0.3) is 0 Å². The smallest absolute Gasteiger partial charge is 0.228 e. The van der Waals surface area contributed by atoms with Crippen LogP contribution >= 0.6 is 15.9 Å². The summed E-state index contributed by atoms with van der Waals surface area (Å²) in [6, 6.07) is 13.6. The van der Waals surface area contributed by atoms with E-state index in [1.54, 1.807) is 4.90 Å². The topological polar surface area (TPSA) is 69.7 Å². The molecule has 1 atom stereocenters. The fraction of sp³-hybridized carbons (Fsp3) is 0.400. The molecule has 2 aromatic rings. The van der Waals surface area contributed by atoms with E-state index in [0.717, 1.165) is 27.0 Å². The first kappa shape index (κ1) is 22.5. The molecular formula is C25H28BrN3O3. The third kappa shape index (κ3) is 4.88. The van der Waals surface area contributed by atoms with Crippen molar-refractivity contribution in [3.05, 3.63) is 58.1 Å². The lowest BCUT2D eigenvalue weighted by Crippen LogP contribution is -2.44. The highest BCUT2D eigenvalue weighted by Gasteiger charge is 2.38. The SMILES string of the molecule is Cc1ccc(N2C[C@H](C(=O)N3CCC(C(=O)Nc4ccc(Br)cc4C)CC3)CC2=O)cc1. The van der Waals surface area contributed by atoms with Crippen LogP contribution in [0.2, 0.25) is 0 Å². The first-order valence-corrected chi connectivity index (χ1v) is 11.8. The fourth-order valence-corrected chi connectivity index (χ4v) is 4.95. The van der Waals surface area contributed by atoms with Gasteiger partial charge in [0.15, 0.2) is 0 Å². The lowest BCUT2D eigenvalue weighted by Gasteiger charge is -2.33. The van der Waals surface area contributed by atoms with Crippen molar-refractivity contribution in [2.24, 2.45) is 11.8 Å². The maximum absolute atomic E-state index is 13.1. The number of piperidine rings is 1. The minimum atomic E-state index is -0.320. The molecule has 0 bridgehead atoms. The van der Waals surface area contributed by atoms with Gasteiger partial charge in [0, 0.05) is 47.8 Å². The third-order valence-electron chi connectivity index (χ3n) is 6.44. The van der Waals surface area contributed by atoms with Crippen molar-refractivity contribution < 1.29 is 14.4 Å². The lowest BCUT2D eigenvalue weighted by molar-refractivity contribution is -0.138. The Bertz CT molecular complexity index is 1030. The van der Waals surface area contributed by atoms with E-state index in [9.17, 15) is 14.4 Å². The Hall–Kier alpha value is -2.67. The second kappa shape index (κ2) is 9.45. The van der Waals surface area contributed by atoms with Crippen LogP contribution in [-0.2, 0) is 14.4 Å². The van der Waals surface area contributed by atoms with E-state index in [4.69, 9.17) is 0 Å². The number of likely N-dealkylation sites (tertiary alicyclic amines) is 1. The second-order valence-corrected chi connectivity index (χ2v) is 9.70. The summed E-state index contributed by atoms with van der Waals surface area (Å²) < 4.78 is 0.978. The van der Waals surface area contributed by atoms with E-state index in [1.807, 2.05) is 61.2 Å². The van der Waals surface area contributed by atoms with Gasteiger partial charge < -0.3 is 15.1 Å². The molecule has 3 amide bonds. The Balaban J connectivity index is 1.31. The number of nitrogens with one attached hydrogen (secondary N) is 1. The van der Waals surface area contributed by atoms with Crippen molar-refractivity contribution in [3.8, 4) is 0 Å². The van der Waals surface area contributed by atoms with Crippen molar-refractivity contribution in [2.45, 2.75) is 33.1 Å². The van der Waals surface area contributed by atoms with E-state index in [1.165, 1.54) is 0 Å². The molecule has 0 unspecified atom stereocenters. The van der Waals surface area contributed by atoms with Crippen molar-refractivity contribution >= 4 is 45.0 Å². The molecule has 1 N–H and O–H groups in total. The first-order valence-electron chi connectivity index (χ1n) is 11.0. The number of amides is 3. The van der Waals surface area contributed by atoms with Gasteiger partial charge >= 0.3 is 0 Å². The molecular weight excluding hydrogens is 470 g/mol. The predicted octanol–water partition coefficient (Wildman–Crippen LogP) is 4.30. The number of anilines is 2. The van der Waals surface area contributed by atoms with E-state index >= 15 is 0 Å². The Labute approximate surface area is 197 Å². The van der Waals surface area contributed by atoms with Gasteiger partial charge in [-0.2, -0.15) is 0 Å². The van der Waals surface area contributed by atoms with Gasteiger partial charge in [0.2, 0.25) is 17.7 Å². The number of hydrogen-bond donors (Lipinski definition) is 1. The van der Waals surface area contributed by atoms with Gasteiger partial charge in [-0.1, -0.05) is 33.6 Å². The maximum Gasteiger partial charge on any atom is 0.228 e. The first-order chi connectivity index (χ1) is 15.3. The molecule has 32 heavy (non-hydrogen) atoms. The number of aryl methyl sites for hydroxylation is 2. The summed E-state index contributed by atoms with van der Waals surface area (Å²) >= 11 is 3.44. The largest absolute Gasteiger partial charge is 0.342 e. The molecule has 2 heterocycles. The van der Waals surface area contributed by atoms with E-state index < -0.39 is 0 Å². The third-order valence-corrected chi connectivity index (χ3v) is 6.94. The van der Waals surface area contributed by atoms with Crippen molar-refractivity contribution in [1.29, 1.82) is 0 Å². The van der Waals surface area contributed by atoms with Crippen LogP contribution in [0.15, 0.2) is 46.9 Å². The Morgan fingerprint density at radius 3 is 2.34 bits per heavy atom. The second-order valence-electron chi connectivity index (χ2n) is 8.79. The molecule has 0 saturated carbocycles. The van der Waals surface area contributed by atoms with Crippen LogP contribution in [0.1, 0.15) is 30.4 Å². The number of carbonyl (C=O) groups excluding carboxylic acids is 3. The van der Waals surface area contributed by atoms with Gasteiger partial charge in [0.05, 0.1) is 5.92 Å². The standard InChI is InChI=1S/C25H28BrN3O3/c1-16-3-6-21(7-4-16)29-15-19(14-23(29)30)25(32)28-11-9-18(10-12-28)24(31)27-22-8-5-20(26)13-17(22)2/h3-8,13,18-19H,9-12,14-15H2,1-2H3,(H,27,31)/t19-/m1/s1. The van der Waals surface area contributed by atoms with Gasteiger partial charge in [-0.15, -0.1) is 0 Å². The van der Waals surface area contributed by atoms with Crippen LogP contribution in [-0.4, -0.2) is 42.3 Å². The summed E-state index contributed by atoms with van der Waals surface area (Å²) in [5, 5.41) is 3.03. The Kier molecular flexibility index (Phi) is 6.65. The molecule has 2 aliphatic heterocycles. The molecule has 0 aromatic heterocycles. The molecule has 0 radical (unpaired) electrons. The average molecular weight is 498 g/mol. The molecule has 7 heteroatoms. The molecule has 2 saturated heterocycles. The molecule has 4 rings (SSSR count). The van der Waals surface area contributed by atoms with Crippen LogP contribution < -0.4 is 10.2 Å². The maximum atomic E-state index is 13.1. The lowest BCUT2D eigenvalue weighted by atomic mass is 9.94. The molecule has 0 aliphatic carbocycles. The molecule has 6 nitrogen and oxygen atoms in total. The summed E-state index contributed by atoms with van der Waals surface area (Å²) in [6.45, 7) is 5.48. The van der Waals surface area contributed by atoms with Crippen molar-refractivity contribution in [2.75, 3.05) is 29.9 Å². The van der Waals surface area contributed by atoms with Crippen LogP contribution in [0.4, 0.5) is 11.4 Å². The van der Waals surface area contributed by atoms with Crippen LogP contribution in [0.3, 0.4) is 0 Å². The highest BCUT2D eigenvalue weighted by molar-refractivity contribution is 9.10. The number of benzene rings is 2. The highest BCUT2D eigenvalue weighted by atomic mass is 79.9. The summed E-state index contributed by atoms with van der Waals surface area (Å²) in [4.78, 5) is 41.8.